The Bertz CT molecular complexity index is 958. The molecular formula is C18H19N3O2S. The quantitative estimate of drug-likeness (QED) is 0.793. The molecule has 3 aromatic rings. The van der Waals surface area contributed by atoms with Crippen molar-refractivity contribution < 1.29 is 4.79 Å². The Morgan fingerprint density at radius 2 is 2.08 bits per heavy atom. The molecule has 6 heteroatoms. The molecule has 0 atom stereocenters. The van der Waals surface area contributed by atoms with Gasteiger partial charge in [0.15, 0.2) is 0 Å². The maximum atomic E-state index is 12.6. The van der Waals surface area contributed by atoms with Crippen molar-refractivity contribution in [3.8, 4) is 0 Å². The van der Waals surface area contributed by atoms with Crippen LogP contribution >= 0.6 is 11.3 Å². The molecule has 0 unspecified atom stereocenters. The molecular weight excluding hydrogens is 322 g/mol. The van der Waals surface area contributed by atoms with Crippen molar-refractivity contribution in [1.82, 2.24) is 14.9 Å². The summed E-state index contributed by atoms with van der Waals surface area (Å²) in [4.78, 5) is 35.4. The van der Waals surface area contributed by atoms with Crippen molar-refractivity contribution in [3.05, 3.63) is 61.8 Å². The number of hydrogen-bond acceptors (Lipinski definition) is 4. The van der Waals surface area contributed by atoms with Gasteiger partial charge in [0.1, 0.15) is 5.82 Å². The molecule has 3 rings (SSSR count). The number of aryl methyl sites for hydroxylation is 2. The van der Waals surface area contributed by atoms with Crippen LogP contribution in [0.25, 0.3) is 10.9 Å². The lowest BCUT2D eigenvalue weighted by molar-refractivity contribution is 0.0786. The maximum Gasteiger partial charge on any atom is 0.264 e. The van der Waals surface area contributed by atoms with Crippen molar-refractivity contribution in [2.45, 2.75) is 26.8 Å². The molecule has 1 N–H and O–H groups in total. The van der Waals surface area contributed by atoms with Crippen LogP contribution in [0.3, 0.4) is 0 Å². The predicted octanol–water partition coefficient (Wildman–Crippen LogP) is 3.13. The molecule has 2 heterocycles. The highest BCUT2D eigenvalue weighted by Gasteiger charge is 2.17. The van der Waals surface area contributed by atoms with Crippen molar-refractivity contribution in [1.29, 1.82) is 0 Å². The van der Waals surface area contributed by atoms with Crippen LogP contribution in [0, 0.1) is 6.92 Å². The summed E-state index contributed by atoms with van der Waals surface area (Å²) in [6, 6.07) is 9.13. The van der Waals surface area contributed by atoms with E-state index in [4.69, 9.17) is 0 Å². The van der Waals surface area contributed by atoms with E-state index in [9.17, 15) is 9.59 Å². The Kier molecular flexibility index (Phi) is 4.49. The van der Waals surface area contributed by atoms with Gasteiger partial charge in [-0.05, 0) is 37.1 Å². The van der Waals surface area contributed by atoms with Gasteiger partial charge >= 0.3 is 0 Å². The highest BCUT2D eigenvalue weighted by atomic mass is 32.1. The number of thiophene rings is 1. The number of fused-ring (bicyclic) bond motifs is 1. The number of rotatable bonds is 4. The van der Waals surface area contributed by atoms with Crippen LogP contribution in [0.15, 0.2) is 35.1 Å². The molecule has 5 nitrogen and oxygen atoms in total. The summed E-state index contributed by atoms with van der Waals surface area (Å²) in [5.41, 5.74) is 1.66. The number of nitrogens with one attached hydrogen (secondary N) is 1. The first-order valence-electron chi connectivity index (χ1n) is 7.82. The van der Waals surface area contributed by atoms with Gasteiger partial charge in [0.05, 0.1) is 22.3 Å². The number of nitrogens with zero attached hydrogens (tertiary/aromatic N) is 2. The fourth-order valence-corrected chi connectivity index (χ4v) is 3.78. The zero-order valence-electron chi connectivity index (χ0n) is 13.9. The van der Waals surface area contributed by atoms with Crippen molar-refractivity contribution in [2.75, 3.05) is 7.05 Å². The smallest absolute Gasteiger partial charge is 0.264 e. The van der Waals surface area contributed by atoms with E-state index in [1.807, 2.05) is 19.1 Å². The van der Waals surface area contributed by atoms with E-state index in [2.05, 4.69) is 16.9 Å². The molecule has 124 valence electrons. The van der Waals surface area contributed by atoms with Crippen molar-refractivity contribution >= 4 is 28.1 Å². The van der Waals surface area contributed by atoms with E-state index < -0.39 is 0 Å². The van der Waals surface area contributed by atoms with E-state index in [-0.39, 0.29) is 18.0 Å². The number of aromatic nitrogens is 2. The summed E-state index contributed by atoms with van der Waals surface area (Å²) in [5, 5.41) is 0.552. The van der Waals surface area contributed by atoms with Crippen LogP contribution in [0.5, 0.6) is 0 Å². The molecule has 2 aromatic heterocycles. The number of para-hydroxylation sites is 1. The van der Waals surface area contributed by atoms with Crippen LogP contribution in [0.2, 0.25) is 0 Å². The first kappa shape index (κ1) is 16.4. The van der Waals surface area contributed by atoms with Gasteiger partial charge in [0.25, 0.3) is 11.5 Å². The summed E-state index contributed by atoms with van der Waals surface area (Å²) >= 11 is 1.51. The van der Waals surface area contributed by atoms with E-state index in [0.717, 1.165) is 11.3 Å². The SMILES string of the molecule is CCc1cc(C(=O)N(C)Cc2nc3ccccc3c(=O)[nH]2)sc1C. The van der Waals surface area contributed by atoms with Gasteiger partial charge in [-0.3, -0.25) is 9.59 Å². The molecule has 24 heavy (non-hydrogen) atoms. The highest BCUT2D eigenvalue weighted by molar-refractivity contribution is 7.14. The number of carbonyl (C=O) groups excluding carboxylic acids is 1. The number of hydrogen-bond donors (Lipinski definition) is 1. The standard InChI is InChI=1S/C18H19N3O2S/c1-4-12-9-15(24-11(12)2)18(23)21(3)10-16-19-14-8-6-5-7-13(14)17(22)20-16/h5-9H,4,10H2,1-3H3,(H,19,20,22). The fourth-order valence-electron chi connectivity index (χ4n) is 2.67. The third-order valence-electron chi connectivity index (χ3n) is 4.01. The van der Waals surface area contributed by atoms with Crippen molar-refractivity contribution in [2.24, 2.45) is 0 Å². The second-order valence-electron chi connectivity index (χ2n) is 5.74. The van der Waals surface area contributed by atoms with Gasteiger partial charge in [-0.25, -0.2) is 4.98 Å². The Morgan fingerprint density at radius 3 is 2.79 bits per heavy atom. The average molecular weight is 341 g/mol. The van der Waals surface area contributed by atoms with E-state index in [0.29, 0.717) is 16.7 Å². The first-order valence-corrected chi connectivity index (χ1v) is 8.64. The zero-order valence-corrected chi connectivity index (χ0v) is 14.7. The first-order chi connectivity index (χ1) is 11.5. The number of H-pyrrole nitrogens is 1. The summed E-state index contributed by atoms with van der Waals surface area (Å²) in [7, 11) is 1.72. The van der Waals surface area contributed by atoms with Gasteiger partial charge < -0.3 is 9.88 Å². The van der Waals surface area contributed by atoms with Gasteiger partial charge in [0.2, 0.25) is 0 Å². The molecule has 1 amide bonds. The van der Waals surface area contributed by atoms with Crippen LogP contribution in [-0.4, -0.2) is 27.8 Å². The Labute approximate surface area is 144 Å². The third-order valence-corrected chi connectivity index (χ3v) is 5.09. The predicted molar refractivity (Wildman–Crippen MR) is 96.6 cm³/mol. The largest absolute Gasteiger partial charge is 0.334 e. The molecule has 0 aliphatic carbocycles. The third kappa shape index (κ3) is 3.10. The lowest BCUT2D eigenvalue weighted by Gasteiger charge is -2.15. The number of amides is 1. The average Bonchev–Trinajstić information content (AvgIpc) is 2.95. The molecule has 0 aliphatic rings. The number of carbonyl (C=O) groups is 1. The highest BCUT2D eigenvalue weighted by Crippen LogP contribution is 2.23. The maximum absolute atomic E-state index is 12.6. The minimum atomic E-state index is -0.184. The number of benzene rings is 1. The second-order valence-corrected chi connectivity index (χ2v) is 6.99. The van der Waals surface area contributed by atoms with Crippen LogP contribution in [0.4, 0.5) is 0 Å². The monoisotopic (exact) mass is 341 g/mol. The Hall–Kier alpha value is -2.47. The topological polar surface area (TPSA) is 66.1 Å². The van der Waals surface area contributed by atoms with Gasteiger partial charge in [-0.15, -0.1) is 11.3 Å². The molecule has 1 aromatic carbocycles. The molecule has 0 spiro atoms. The minimum Gasteiger partial charge on any atom is -0.334 e. The summed E-state index contributed by atoms with van der Waals surface area (Å²) < 4.78 is 0. The lowest BCUT2D eigenvalue weighted by atomic mass is 10.2. The number of aromatic amines is 1. The van der Waals surface area contributed by atoms with Gasteiger partial charge in [0, 0.05) is 11.9 Å². The van der Waals surface area contributed by atoms with Crippen molar-refractivity contribution in [3.63, 3.8) is 0 Å². The summed E-state index contributed by atoms with van der Waals surface area (Å²) in [5.74, 6) is 0.428. The van der Waals surface area contributed by atoms with Gasteiger partial charge in [-0.1, -0.05) is 19.1 Å². The van der Waals surface area contributed by atoms with Gasteiger partial charge in [-0.2, -0.15) is 0 Å². The van der Waals surface area contributed by atoms with E-state index >= 15 is 0 Å². The van der Waals surface area contributed by atoms with Crippen LogP contribution in [0.1, 0.15) is 32.9 Å². The summed E-state index contributed by atoms with van der Waals surface area (Å²) in [6.07, 6.45) is 0.916. The zero-order chi connectivity index (χ0) is 17.3. The normalized spacial score (nSPS) is 11.0. The van der Waals surface area contributed by atoms with E-state index in [1.54, 1.807) is 30.1 Å². The minimum absolute atomic E-state index is 0.0568. The fraction of sp³-hybridized carbons (Fsp3) is 0.278. The van der Waals surface area contributed by atoms with Crippen LogP contribution < -0.4 is 5.56 Å². The van der Waals surface area contributed by atoms with E-state index in [1.165, 1.54) is 21.8 Å². The Morgan fingerprint density at radius 1 is 1.33 bits per heavy atom. The second kappa shape index (κ2) is 6.57. The molecule has 0 fully saturated rings. The Balaban J connectivity index is 1.84. The molecule has 0 saturated heterocycles. The molecule has 0 radical (unpaired) electrons. The molecule has 0 aliphatic heterocycles. The molecule has 0 saturated carbocycles. The summed E-state index contributed by atoms with van der Waals surface area (Å²) in [6.45, 7) is 4.37. The molecule has 0 bridgehead atoms. The van der Waals surface area contributed by atoms with Crippen LogP contribution in [-0.2, 0) is 13.0 Å². The lowest BCUT2D eigenvalue weighted by Crippen LogP contribution is -2.27.